The highest BCUT2D eigenvalue weighted by Crippen LogP contribution is 2.36. The molecule has 1 aromatic heterocycles. The third-order valence-electron chi connectivity index (χ3n) is 4.17. The molecule has 0 bridgehead atoms. The van der Waals surface area contributed by atoms with Crippen molar-refractivity contribution in [1.82, 2.24) is 10.3 Å². The van der Waals surface area contributed by atoms with Gasteiger partial charge in [-0.2, -0.15) is 0 Å². The molecule has 110 valence electrons. The second-order valence-electron chi connectivity index (χ2n) is 5.47. The molecule has 1 aliphatic rings. The molecular weight excluding hydrogens is 252 g/mol. The number of ether oxygens (including phenoxy) is 1. The first-order chi connectivity index (χ1) is 9.72. The average Bonchev–Trinajstić information content (AvgIpc) is 2.53. The van der Waals surface area contributed by atoms with E-state index in [-0.39, 0.29) is 11.2 Å². The summed E-state index contributed by atoms with van der Waals surface area (Å²) in [5.41, 5.74) is 0.457. The van der Waals surface area contributed by atoms with Gasteiger partial charge in [0.05, 0.1) is 12.8 Å². The van der Waals surface area contributed by atoms with Gasteiger partial charge in [0.15, 0.2) is 5.78 Å². The Hall–Kier alpha value is -1.42. The zero-order chi connectivity index (χ0) is 14.4. The van der Waals surface area contributed by atoms with Crippen molar-refractivity contribution in [2.24, 2.45) is 5.41 Å². The molecule has 2 rings (SSSR count). The van der Waals surface area contributed by atoms with Gasteiger partial charge in [0, 0.05) is 17.2 Å². The molecule has 0 aliphatic carbocycles. The van der Waals surface area contributed by atoms with E-state index in [4.69, 9.17) is 4.74 Å². The van der Waals surface area contributed by atoms with E-state index >= 15 is 0 Å². The Balaban J connectivity index is 2.18. The number of Topliss-reactive ketones (excluding diaryl/α,β-unsaturated/α-hetero) is 1. The van der Waals surface area contributed by atoms with Gasteiger partial charge < -0.3 is 10.1 Å². The summed E-state index contributed by atoms with van der Waals surface area (Å²) in [5.74, 6) is 0.911. The van der Waals surface area contributed by atoms with E-state index in [2.05, 4.69) is 24.1 Å². The summed E-state index contributed by atoms with van der Waals surface area (Å²) in [6.07, 6.45) is 6.98. The van der Waals surface area contributed by atoms with Crippen LogP contribution in [0.5, 0.6) is 5.75 Å². The molecule has 0 unspecified atom stereocenters. The van der Waals surface area contributed by atoms with Crippen LogP contribution in [0.3, 0.4) is 0 Å². The van der Waals surface area contributed by atoms with Crippen molar-refractivity contribution in [3.63, 3.8) is 0 Å². The summed E-state index contributed by atoms with van der Waals surface area (Å²) >= 11 is 0. The maximum Gasteiger partial charge on any atom is 0.170 e. The van der Waals surface area contributed by atoms with Crippen molar-refractivity contribution in [3.8, 4) is 5.75 Å². The van der Waals surface area contributed by atoms with Gasteiger partial charge in [0.1, 0.15) is 5.75 Å². The van der Waals surface area contributed by atoms with E-state index < -0.39 is 0 Å². The number of pyridine rings is 1. The number of hydrogen-bond acceptors (Lipinski definition) is 4. The van der Waals surface area contributed by atoms with Crippen LogP contribution in [0.2, 0.25) is 0 Å². The van der Waals surface area contributed by atoms with Crippen LogP contribution in [0.15, 0.2) is 18.5 Å². The van der Waals surface area contributed by atoms with Crippen molar-refractivity contribution in [2.45, 2.75) is 39.5 Å². The third-order valence-corrected chi connectivity index (χ3v) is 4.17. The van der Waals surface area contributed by atoms with Crippen LogP contribution >= 0.6 is 0 Å². The molecule has 4 nitrogen and oxygen atoms in total. The molecule has 0 amide bonds. The Kier molecular flexibility index (Phi) is 5.12. The largest absolute Gasteiger partial charge is 0.492 e. The Bertz CT molecular complexity index is 454. The van der Waals surface area contributed by atoms with E-state index in [0.29, 0.717) is 17.9 Å². The number of nitrogens with one attached hydrogen (secondary N) is 1. The summed E-state index contributed by atoms with van der Waals surface area (Å²) < 4.78 is 5.57. The number of hydrogen-bond donors (Lipinski definition) is 1. The minimum absolute atomic E-state index is 0.218. The molecule has 1 aliphatic heterocycles. The predicted octanol–water partition coefficient (Wildman–Crippen LogP) is 2.83. The molecule has 0 saturated carbocycles. The fourth-order valence-electron chi connectivity index (χ4n) is 2.79. The van der Waals surface area contributed by atoms with Gasteiger partial charge in [-0.05, 0) is 44.8 Å². The lowest BCUT2D eigenvalue weighted by Gasteiger charge is -2.35. The fourth-order valence-corrected chi connectivity index (χ4v) is 2.79. The van der Waals surface area contributed by atoms with E-state index in [1.165, 1.54) is 0 Å². The number of carbonyl (C=O) groups is 1. The van der Waals surface area contributed by atoms with Crippen molar-refractivity contribution < 1.29 is 9.53 Å². The zero-order valence-corrected chi connectivity index (χ0v) is 12.4. The van der Waals surface area contributed by atoms with Crippen molar-refractivity contribution in [3.05, 3.63) is 24.0 Å². The van der Waals surface area contributed by atoms with E-state index in [1.54, 1.807) is 12.4 Å². The molecule has 20 heavy (non-hydrogen) atoms. The van der Waals surface area contributed by atoms with Crippen LogP contribution in [-0.4, -0.2) is 30.5 Å². The van der Waals surface area contributed by atoms with Gasteiger partial charge in [-0.1, -0.05) is 13.8 Å². The maximum absolute atomic E-state index is 12.9. The second-order valence-corrected chi connectivity index (χ2v) is 5.47. The monoisotopic (exact) mass is 276 g/mol. The number of carbonyl (C=O) groups excluding carboxylic acids is 1. The van der Waals surface area contributed by atoms with Crippen molar-refractivity contribution >= 4 is 5.78 Å². The Morgan fingerprint density at radius 2 is 2.10 bits per heavy atom. The lowest BCUT2D eigenvalue weighted by atomic mass is 9.71. The molecule has 0 radical (unpaired) electrons. The van der Waals surface area contributed by atoms with Crippen LogP contribution in [0.25, 0.3) is 0 Å². The molecule has 1 aromatic rings. The Morgan fingerprint density at radius 3 is 2.75 bits per heavy atom. The number of piperidine rings is 1. The molecule has 0 spiro atoms. The smallest absolute Gasteiger partial charge is 0.170 e. The highest BCUT2D eigenvalue weighted by atomic mass is 16.5. The molecule has 2 heterocycles. The van der Waals surface area contributed by atoms with E-state index in [1.807, 2.05) is 6.07 Å². The van der Waals surface area contributed by atoms with Gasteiger partial charge in [-0.15, -0.1) is 0 Å². The summed E-state index contributed by atoms with van der Waals surface area (Å²) in [7, 11) is 0. The highest BCUT2D eigenvalue weighted by molar-refractivity contribution is 6.00. The van der Waals surface area contributed by atoms with Crippen LogP contribution in [0.1, 0.15) is 49.9 Å². The van der Waals surface area contributed by atoms with Crippen LogP contribution in [0.4, 0.5) is 0 Å². The van der Waals surface area contributed by atoms with Gasteiger partial charge in [-0.25, -0.2) is 0 Å². The van der Waals surface area contributed by atoms with E-state index in [0.717, 1.165) is 38.8 Å². The minimum atomic E-state index is -0.226. The topological polar surface area (TPSA) is 51.2 Å². The molecule has 0 atom stereocenters. The normalized spacial score (nSPS) is 17.7. The first-order valence-electron chi connectivity index (χ1n) is 7.55. The molecule has 4 heteroatoms. The van der Waals surface area contributed by atoms with Gasteiger partial charge in [0.25, 0.3) is 0 Å². The van der Waals surface area contributed by atoms with Crippen molar-refractivity contribution in [1.29, 1.82) is 0 Å². The first kappa shape index (κ1) is 15.0. The number of aromatic nitrogens is 1. The van der Waals surface area contributed by atoms with Crippen molar-refractivity contribution in [2.75, 3.05) is 19.7 Å². The SMILES string of the molecule is CCCOc1cncc(C(=O)C2(CC)CCNCC2)c1. The fraction of sp³-hybridized carbons (Fsp3) is 0.625. The van der Waals surface area contributed by atoms with Gasteiger partial charge >= 0.3 is 0 Å². The lowest BCUT2D eigenvalue weighted by Crippen LogP contribution is -2.41. The second kappa shape index (κ2) is 6.84. The maximum atomic E-state index is 12.9. The zero-order valence-electron chi connectivity index (χ0n) is 12.4. The molecule has 1 fully saturated rings. The van der Waals surface area contributed by atoms with Crippen LogP contribution in [-0.2, 0) is 0 Å². The predicted molar refractivity (Wildman–Crippen MR) is 79.2 cm³/mol. The molecular formula is C16H24N2O2. The summed E-state index contributed by atoms with van der Waals surface area (Å²) in [5, 5.41) is 3.33. The minimum Gasteiger partial charge on any atom is -0.492 e. The van der Waals surface area contributed by atoms with E-state index in [9.17, 15) is 4.79 Å². The summed E-state index contributed by atoms with van der Waals surface area (Å²) in [6.45, 7) is 6.65. The molecule has 1 saturated heterocycles. The van der Waals surface area contributed by atoms with Crippen LogP contribution in [0, 0.1) is 5.41 Å². The Morgan fingerprint density at radius 1 is 1.35 bits per heavy atom. The van der Waals surface area contributed by atoms with Gasteiger partial charge in [-0.3, -0.25) is 9.78 Å². The number of ketones is 1. The summed E-state index contributed by atoms with van der Waals surface area (Å²) in [6, 6.07) is 1.84. The lowest BCUT2D eigenvalue weighted by molar-refractivity contribution is 0.0717. The Labute approximate surface area is 120 Å². The third kappa shape index (κ3) is 3.18. The molecule has 1 N–H and O–H groups in total. The standard InChI is InChI=1S/C16H24N2O2/c1-3-9-20-14-10-13(11-18-12-14)15(19)16(4-2)5-7-17-8-6-16/h10-12,17H,3-9H2,1-2H3. The number of rotatable bonds is 6. The molecule has 0 aromatic carbocycles. The summed E-state index contributed by atoms with van der Waals surface area (Å²) in [4.78, 5) is 17.0. The van der Waals surface area contributed by atoms with Crippen LogP contribution < -0.4 is 10.1 Å². The number of nitrogens with zero attached hydrogens (tertiary/aromatic N) is 1. The quantitative estimate of drug-likeness (QED) is 0.812. The highest BCUT2D eigenvalue weighted by Gasteiger charge is 2.38. The van der Waals surface area contributed by atoms with Gasteiger partial charge in [0.2, 0.25) is 0 Å². The average molecular weight is 276 g/mol. The first-order valence-corrected chi connectivity index (χ1v) is 7.55.